The Morgan fingerprint density at radius 3 is 2.95 bits per heavy atom. The van der Waals surface area contributed by atoms with Crippen LogP contribution in [0.25, 0.3) is 0 Å². The molecule has 0 radical (unpaired) electrons. The van der Waals surface area contributed by atoms with E-state index in [4.69, 9.17) is 4.74 Å². The second kappa shape index (κ2) is 7.33. The molecular formula is C14H25N3OS. The third kappa shape index (κ3) is 4.24. The van der Waals surface area contributed by atoms with Gasteiger partial charge in [0.1, 0.15) is 0 Å². The lowest BCUT2D eigenvalue weighted by molar-refractivity contribution is 0.0536. The number of aromatic nitrogens is 1. The summed E-state index contributed by atoms with van der Waals surface area (Å²) in [6, 6.07) is 0. The molecule has 0 bridgehead atoms. The van der Waals surface area contributed by atoms with Crippen molar-refractivity contribution in [2.45, 2.75) is 25.7 Å². The Labute approximate surface area is 120 Å². The number of thiazole rings is 1. The Morgan fingerprint density at radius 1 is 1.53 bits per heavy atom. The molecule has 4 nitrogen and oxygen atoms in total. The summed E-state index contributed by atoms with van der Waals surface area (Å²) >= 11 is 1.74. The van der Waals surface area contributed by atoms with Gasteiger partial charge < -0.3 is 15.4 Å². The standard InChI is InChI=1S/C14H25N3OS/c1-12(13-17-7-8-19-13)9-16-10-14(11-18-2)3-5-15-6-4-14/h7-8,12,15-16H,3-6,9-11H2,1-2H3. The minimum atomic E-state index is 0.308. The lowest BCUT2D eigenvalue weighted by Crippen LogP contribution is -2.46. The zero-order chi connectivity index (χ0) is 13.6. The largest absolute Gasteiger partial charge is 0.384 e. The third-order valence-electron chi connectivity index (χ3n) is 3.94. The molecule has 1 aromatic rings. The quantitative estimate of drug-likeness (QED) is 0.802. The number of rotatable bonds is 7. The third-order valence-corrected chi connectivity index (χ3v) is 4.95. The van der Waals surface area contributed by atoms with Crippen LogP contribution in [0.2, 0.25) is 0 Å². The molecule has 0 amide bonds. The van der Waals surface area contributed by atoms with E-state index in [0.29, 0.717) is 11.3 Å². The molecule has 1 aliphatic rings. The summed E-state index contributed by atoms with van der Waals surface area (Å²) in [6.45, 7) is 7.33. The topological polar surface area (TPSA) is 46.2 Å². The summed E-state index contributed by atoms with van der Waals surface area (Å²) in [5, 5.41) is 10.3. The average Bonchev–Trinajstić information content (AvgIpc) is 2.94. The molecule has 5 heteroatoms. The van der Waals surface area contributed by atoms with Crippen molar-refractivity contribution in [3.63, 3.8) is 0 Å². The van der Waals surface area contributed by atoms with Gasteiger partial charge in [-0.15, -0.1) is 11.3 Å². The van der Waals surface area contributed by atoms with Crippen LogP contribution in [0.5, 0.6) is 0 Å². The van der Waals surface area contributed by atoms with E-state index in [-0.39, 0.29) is 0 Å². The lowest BCUT2D eigenvalue weighted by Gasteiger charge is -2.37. The van der Waals surface area contributed by atoms with Crippen LogP contribution in [-0.4, -0.2) is 44.9 Å². The van der Waals surface area contributed by atoms with Crippen LogP contribution in [-0.2, 0) is 4.74 Å². The predicted octanol–water partition coefficient (Wildman–Crippen LogP) is 1.85. The highest BCUT2D eigenvalue weighted by atomic mass is 32.1. The number of nitrogens with zero attached hydrogens (tertiary/aromatic N) is 1. The van der Waals surface area contributed by atoms with Gasteiger partial charge in [-0.05, 0) is 25.9 Å². The minimum Gasteiger partial charge on any atom is -0.384 e. The minimum absolute atomic E-state index is 0.308. The first-order valence-corrected chi connectivity index (χ1v) is 7.93. The number of hydrogen-bond acceptors (Lipinski definition) is 5. The molecule has 108 valence electrons. The van der Waals surface area contributed by atoms with E-state index in [1.807, 2.05) is 18.7 Å². The molecule has 0 aromatic carbocycles. The maximum atomic E-state index is 5.44. The van der Waals surface area contributed by atoms with Crippen molar-refractivity contribution < 1.29 is 4.74 Å². The smallest absolute Gasteiger partial charge is 0.0965 e. The summed E-state index contributed by atoms with van der Waals surface area (Å²) < 4.78 is 5.44. The Balaban J connectivity index is 1.79. The zero-order valence-electron chi connectivity index (χ0n) is 11.9. The van der Waals surface area contributed by atoms with Crippen molar-refractivity contribution >= 4 is 11.3 Å². The first kappa shape index (κ1) is 14.9. The first-order valence-electron chi connectivity index (χ1n) is 7.05. The molecule has 1 fully saturated rings. The van der Waals surface area contributed by atoms with Crippen LogP contribution in [0.3, 0.4) is 0 Å². The fourth-order valence-electron chi connectivity index (χ4n) is 2.75. The maximum absolute atomic E-state index is 5.44. The van der Waals surface area contributed by atoms with Gasteiger partial charge in [0.2, 0.25) is 0 Å². The Hall–Kier alpha value is -0.490. The summed E-state index contributed by atoms with van der Waals surface area (Å²) in [5.41, 5.74) is 0.308. The summed E-state index contributed by atoms with van der Waals surface area (Å²) in [7, 11) is 1.81. The highest BCUT2D eigenvalue weighted by Gasteiger charge is 2.31. The van der Waals surface area contributed by atoms with Gasteiger partial charge in [-0.2, -0.15) is 0 Å². The van der Waals surface area contributed by atoms with Gasteiger partial charge in [-0.25, -0.2) is 4.98 Å². The van der Waals surface area contributed by atoms with Gasteiger partial charge in [-0.3, -0.25) is 0 Å². The molecule has 1 atom stereocenters. The van der Waals surface area contributed by atoms with E-state index in [1.165, 1.54) is 17.8 Å². The van der Waals surface area contributed by atoms with Crippen LogP contribution in [0.1, 0.15) is 30.7 Å². The van der Waals surface area contributed by atoms with Crippen molar-refractivity contribution in [1.82, 2.24) is 15.6 Å². The van der Waals surface area contributed by atoms with E-state index >= 15 is 0 Å². The van der Waals surface area contributed by atoms with Crippen molar-refractivity contribution in [2.75, 3.05) is 39.9 Å². The average molecular weight is 283 g/mol. The van der Waals surface area contributed by atoms with Crippen LogP contribution in [0.4, 0.5) is 0 Å². The molecule has 19 heavy (non-hydrogen) atoms. The molecule has 2 rings (SSSR count). The van der Waals surface area contributed by atoms with E-state index in [9.17, 15) is 0 Å². The van der Waals surface area contributed by atoms with E-state index < -0.39 is 0 Å². The number of methoxy groups -OCH3 is 1. The fourth-order valence-corrected chi connectivity index (χ4v) is 3.45. The van der Waals surface area contributed by atoms with Crippen molar-refractivity contribution in [3.8, 4) is 0 Å². The molecule has 1 aromatic heterocycles. The molecule has 1 aliphatic heterocycles. The second-order valence-electron chi connectivity index (χ2n) is 5.59. The van der Waals surface area contributed by atoms with Gasteiger partial charge in [0.25, 0.3) is 0 Å². The Morgan fingerprint density at radius 2 is 2.32 bits per heavy atom. The Bertz CT molecular complexity index is 344. The van der Waals surface area contributed by atoms with Gasteiger partial charge in [0, 0.05) is 43.1 Å². The number of ether oxygens (including phenoxy) is 1. The molecule has 1 saturated heterocycles. The van der Waals surface area contributed by atoms with Crippen LogP contribution in [0.15, 0.2) is 11.6 Å². The number of nitrogens with one attached hydrogen (secondary N) is 2. The first-order chi connectivity index (χ1) is 9.26. The summed E-state index contributed by atoms with van der Waals surface area (Å²) in [6.07, 6.45) is 4.27. The highest BCUT2D eigenvalue weighted by Crippen LogP contribution is 2.28. The number of hydrogen-bond donors (Lipinski definition) is 2. The van der Waals surface area contributed by atoms with Gasteiger partial charge in [-0.1, -0.05) is 6.92 Å². The molecule has 0 saturated carbocycles. The van der Waals surface area contributed by atoms with Crippen molar-refractivity contribution in [1.29, 1.82) is 0 Å². The van der Waals surface area contributed by atoms with Crippen LogP contribution in [0, 0.1) is 5.41 Å². The SMILES string of the molecule is COCC1(CNCC(C)c2nccs2)CCNCC1. The zero-order valence-corrected chi connectivity index (χ0v) is 12.8. The molecule has 2 N–H and O–H groups in total. The van der Waals surface area contributed by atoms with Gasteiger partial charge in [0.15, 0.2) is 0 Å². The highest BCUT2D eigenvalue weighted by molar-refractivity contribution is 7.09. The molecule has 0 spiro atoms. The fraction of sp³-hybridized carbons (Fsp3) is 0.786. The lowest BCUT2D eigenvalue weighted by atomic mass is 9.79. The van der Waals surface area contributed by atoms with Crippen LogP contribution < -0.4 is 10.6 Å². The normalized spacial score (nSPS) is 20.3. The summed E-state index contributed by atoms with van der Waals surface area (Å²) in [4.78, 5) is 4.38. The second-order valence-corrected chi connectivity index (χ2v) is 6.51. The number of piperidine rings is 1. The van der Waals surface area contributed by atoms with E-state index in [0.717, 1.165) is 32.8 Å². The van der Waals surface area contributed by atoms with Crippen molar-refractivity contribution in [2.24, 2.45) is 5.41 Å². The van der Waals surface area contributed by atoms with Crippen molar-refractivity contribution in [3.05, 3.63) is 16.6 Å². The molecule has 1 unspecified atom stereocenters. The van der Waals surface area contributed by atoms with E-state index in [1.54, 1.807) is 11.3 Å². The monoisotopic (exact) mass is 283 g/mol. The molecular weight excluding hydrogens is 258 g/mol. The van der Waals surface area contributed by atoms with Gasteiger partial charge in [0.05, 0.1) is 11.6 Å². The van der Waals surface area contributed by atoms with Crippen LogP contribution >= 0.6 is 11.3 Å². The maximum Gasteiger partial charge on any atom is 0.0965 e. The van der Waals surface area contributed by atoms with Gasteiger partial charge >= 0.3 is 0 Å². The van der Waals surface area contributed by atoms with E-state index in [2.05, 4.69) is 22.5 Å². The molecule has 2 heterocycles. The molecule has 0 aliphatic carbocycles. The predicted molar refractivity (Wildman–Crippen MR) is 79.8 cm³/mol. The Kier molecular flexibility index (Phi) is 5.76. The summed E-state index contributed by atoms with van der Waals surface area (Å²) in [5.74, 6) is 0.487.